The molecule has 0 aromatic heterocycles. The standard InChI is InChI=1S/C14H16N2O3/c15-8-11-4-1-2-5-12(11)19-9-13(18)16-14(10-17)6-3-7-14/h1-2,4-5,17H,3,6-7,9-10H2,(H,16,18). The molecular weight excluding hydrogens is 244 g/mol. The summed E-state index contributed by atoms with van der Waals surface area (Å²) in [5.74, 6) is 0.119. The highest BCUT2D eigenvalue weighted by Gasteiger charge is 2.37. The van der Waals surface area contributed by atoms with E-state index in [4.69, 9.17) is 10.00 Å². The van der Waals surface area contributed by atoms with Crippen molar-refractivity contribution in [1.82, 2.24) is 5.32 Å². The lowest BCUT2D eigenvalue weighted by Crippen LogP contribution is -2.57. The van der Waals surface area contributed by atoms with Crippen LogP contribution in [-0.2, 0) is 4.79 Å². The summed E-state index contributed by atoms with van der Waals surface area (Å²) in [4.78, 5) is 11.8. The van der Waals surface area contributed by atoms with E-state index in [1.54, 1.807) is 24.3 Å². The molecule has 0 radical (unpaired) electrons. The Labute approximate surface area is 111 Å². The average Bonchev–Trinajstić information content (AvgIpc) is 2.41. The normalized spacial score (nSPS) is 16.0. The molecule has 1 amide bonds. The molecule has 0 bridgehead atoms. The van der Waals surface area contributed by atoms with Crippen LogP contribution >= 0.6 is 0 Å². The van der Waals surface area contributed by atoms with E-state index in [-0.39, 0.29) is 19.1 Å². The van der Waals surface area contributed by atoms with E-state index in [0.717, 1.165) is 19.3 Å². The largest absolute Gasteiger partial charge is 0.482 e. The van der Waals surface area contributed by atoms with Gasteiger partial charge in [-0.2, -0.15) is 5.26 Å². The number of para-hydroxylation sites is 1. The topological polar surface area (TPSA) is 82.3 Å². The summed E-state index contributed by atoms with van der Waals surface area (Å²) in [6, 6.07) is 8.77. The Morgan fingerprint density at radius 3 is 2.79 bits per heavy atom. The molecule has 100 valence electrons. The molecule has 1 aromatic rings. The predicted molar refractivity (Wildman–Crippen MR) is 68.5 cm³/mol. The van der Waals surface area contributed by atoms with E-state index < -0.39 is 5.54 Å². The number of hydrogen-bond acceptors (Lipinski definition) is 4. The first kappa shape index (κ1) is 13.4. The first-order valence-electron chi connectivity index (χ1n) is 6.23. The number of nitrogens with zero attached hydrogens (tertiary/aromatic N) is 1. The molecule has 1 fully saturated rings. The summed E-state index contributed by atoms with van der Waals surface area (Å²) in [6.07, 6.45) is 2.60. The van der Waals surface area contributed by atoms with Gasteiger partial charge in [0.2, 0.25) is 0 Å². The van der Waals surface area contributed by atoms with Crippen LogP contribution in [0.3, 0.4) is 0 Å². The van der Waals surface area contributed by atoms with Crippen molar-refractivity contribution in [3.63, 3.8) is 0 Å². The molecule has 5 heteroatoms. The number of aliphatic hydroxyl groups excluding tert-OH is 1. The van der Waals surface area contributed by atoms with Crippen molar-refractivity contribution in [2.75, 3.05) is 13.2 Å². The zero-order valence-corrected chi connectivity index (χ0v) is 10.6. The van der Waals surface area contributed by atoms with Gasteiger partial charge in [-0.25, -0.2) is 0 Å². The van der Waals surface area contributed by atoms with E-state index in [1.165, 1.54) is 0 Å². The third kappa shape index (κ3) is 3.04. The Bertz CT molecular complexity index is 498. The van der Waals surface area contributed by atoms with Gasteiger partial charge in [-0.05, 0) is 31.4 Å². The van der Waals surface area contributed by atoms with Gasteiger partial charge >= 0.3 is 0 Å². The van der Waals surface area contributed by atoms with E-state index in [1.807, 2.05) is 6.07 Å². The molecule has 19 heavy (non-hydrogen) atoms. The lowest BCUT2D eigenvalue weighted by molar-refractivity contribution is -0.127. The molecule has 2 N–H and O–H groups in total. The van der Waals surface area contributed by atoms with Gasteiger partial charge < -0.3 is 15.2 Å². The Balaban J connectivity index is 1.88. The van der Waals surface area contributed by atoms with Crippen molar-refractivity contribution in [3.05, 3.63) is 29.8 Å². The number of nitriles is 1. The zero-order valence-electron chi connectivity index (χ0n) is 10.6. The first-order valence-corrected chi connectivity index (χ1v) is 6.23. The van der Waals surface area contributed by atoms with Crippen molar-refractivity contribution < 1.29 is 14.6 Å². The fourth-order valence-electron chi connectivity index (χ4n) is 2.09. The quantitative estimate of drug-likeness (QED) is 0.826. The van der Waals surface area contributed by atoms with Gasteiger partial charge in [-0.3, -0.25) is 4.79 Å². The van der Waals surface area contributed by atoms with Crippen LogP contribution in [0.15, 0.2) is 24.3 Å². The maximum absolute atomic E-state index is 11.8. The number of carbonyl (C=O) groups is 1. The molecule has 2 rings (SSSR count). The van der Waals surface area contributed by atoms with Crippen molar-refractivity contribution >= 4 is 5.91 Å². The molecule has 1 aliphatic carbocycles. The van der Waals surface area contributed by atoms with Gasteiger partial charge in [0, 0.05) is 0 Å². The minimum atomic E-state index is -0.463. The van der Waals surface area contributed by atoms with Crippen molar-refractivity contribution in [1.29, 1.82) is 5.26 Å². The Hall–Kier alpha value is -2.06. The second-order valence-electron chi connectivity index (χ2n) is 4.74. The molecule has 0 atom stereocenters. The number of hydrogen-bond donors (Lipinski definition) is 2. The van der Waals surface area contributed by atoms with Gasteiger partial charge in [0.1, 0.15) is 11.8 Å². The zero-order chi connectivity index (χ0) is 13.7. The average molecular weight is 260 g/mol. The summed E-state index contributed by atoms with van der Waals surface area (Å²) in [7, 11) is 0. The molecule has 1 aromatic carbocycles. The fraction of sp³-hybridized carbons (Fsp3) is 0.429. The molecule has 0 heterocycles. The minimum Gasteiger partial charge on any atom is -0.482 e. The number of rotatable bonds is 5. The minimum absolute atomic E-state index is 0.0481. The van der Waals surface area contributed by atoms with E-state index >= 15 is 0 Å². The SMILES string of the molecule is N#Cc1ccccc1OCC(=O)NC1(CO)CCC1. The van der Waals surface area contributed by atoms with E-state index in [0.29, 0.717) is 11.3 Å². The van der Waals surface area contributed by atoms with Gasteiger partial charge in [-0.15, -0.1) is 0 Å². The van der Waals surface area contributed by atoms with Gasteiger partial charge in [-0.1, -0.05) is 12.1 Å². The second kappa shape index (κ2) is 5.72. The summed E-state index contributed by atoms with van der Waals surface area (Å²) < 4.78 is 5.33. The monoisotopic (exact) mass is 260 g/mol. The van der Waals surface area contributed by atoms with E-state index in [2.05, 4.69) is 5.32 Å². The molecule has 1 aliphatic rings. The number of benzene rings is 1. The Kier molecular flexibility index (Phi) is 4.03. The molecule has 0 aliphatic heterocycles. The third-order valence-corrected chi connectivity index (χ3v) is 3.38. The lowest BCUT2D eigenvalue weighted by atomic mass is 9.77. The number of carbonyl (C=O) groups excluding carboxylic acids is 1. The third-order valence-electron chi connectivity index (χ3n) is 3.38. The van der Waals surface area contributed by atoms with Crippen molar-refractivity contribution in [2.45, 2.75) is 24.8 Å². The van der Waals surface area contributed by atoms with Crippen LogP contribution in [0.1, 0.15) is 24.8 Å². The molecule has 0 spiro atoms. The number of ether oxygens (including phenoxy) is 1. The lowest BCUT2D eigenvalue weighted by Gasteiger charge is -2.40. The van der Waals surface area contributed by atoms with Crippen LogP contribution in [0.2, 0.25) is 0 Å². The van der Waals surface area contributed by atoms with Crippen LogP contribution in [0.25, 0.3) is 0 Å². The molecule has 0 unspecified atom stereocenters. The highest BCUT2D eigenvalue weighted by Crippen LogP contribution is 2.31. The maximum Gasteiger partial charge on any atom is 0.258 e. The van der Waals surface area contributed by atoms with Crippen molar-refractivity contribution in [3.8, 4) is 11.8 Å². The molecular formula is C14H16N2O3. The summed E-state index contributed by atoms with van der Waals surface area (Å²) >= 11 is 0. The smallest absolute Gasteiger partial charge is 0.258 e. The number of aliphatic hydroxyl groups is 1. The van der Waals surface area contributed by atoms with Crippen LogP contribution in [0.5, 0.6) is 5.75 Å². The Morgan fingerprint density at radius 1 is 1.47 bits per heavy atom. The van der Waals surface area contributed by atoms with Gasteiger partial charge in [0.05, 0.1) is 17.7 Å². The summed E-state index contributed by atoms with van der Waals surface area (Å²) in [5.41, 5.74) is -0.0642. The fourth-order valence-corrected chi connectivity index (χ4v) is 2.09. The maximum atomic E-state index is 11.8. The highest BCUT2D eigenvalue weighted by molar-refractivity contribution is 5.78. The van der Waals surface area contributed by atoms with E-state index in [9.17, 15) is 9.90 Å². The highest BCUT2D eigenvalue weighted by atomic mass is 16.5. The number of nitrogens with one attached hydrogen (secondary N) is 1. The Morgan fingerprint density at radius 2 is 2.21 bits per heavy atom. The predicted octanol–water partition coefficient (Wildman–Crippen LogP) is 0.968. The van der Waals surface area contributed by atoms with Crippen LogP contribution in [0.4, 0.5) is 0 Å². The summed E-state index contributed by atoms with van der Waals surface area (Å²) in [5, 5.41) is 20.9. The molecule has 0 saturated heterocycles. The van der Waals surface area contributed by atoms with Gasteiger partial charge in [0.15, 0.2) is 6.61 Å². The van der Waals surface area contributed by atoms with Crippen molar-refractivity contribution in [2.24, 2.45) is 0 Å². The number of amides is 1. The molecule has 5 nitrogen and oxygen atoms in total. The first-order chi connectivity index (χ1) is 9.19. The van der Waals surface area contributed by atoms with Crippen LogP contribution in [0, 0.1) is 11.3 Å². The molecule has 1 saturated carbocycles. The van der Waals surface area contributed by atoms with Gasteiger partial charge in [0.25, 0.3) is 5.91 Å². The van der Waals surface area contributed by atoms with Crippen LogP contribution in [-0.4, -0.2) is 29.8 Å². The summed E-state index contributed by atoms with van der Waals surface area (Å²) in [6.45, 7) is -0.200. The van der Waals surface area contributed by atoms with Crippen LogP contribution < -0.4 is 10.1 Å². The second-order valence-corrected chi connectivity index (χ2v) is 4.74.